The smallest absolute Gasteiger partial charge is 0.225 e. The SMILES string of the molecule is CC(C)c1cnc(N2CCC(C(C)CC(C)(C)c3cnc(N4CCC([C@H](C)CCC(C)c5ncc(N6CCC(C(C)C)CC6)cn5)CC4)cn3)CC2C)nc1. The van der Waals surface area contributed by atoms with E-state index in [1.54, 1.807) is 0 Å². The molecular formula is C46H73N9. The van der Waals surface area contributed by atoms with Gasteiger partial charge >= 0.3 is 0 Å². The number of nitrogens with zero attached hydrogens (tertiary/aromatic N) is 9. The van der Waals surface area contributed by atoms with Crippen LogP contribution < -0.4 is 14.7 Å². The zero-order valence-electron chi connectivity index (χ0n) is 36.1. The van der Waals surface area contributed by atoms with Gasteiger partial charge in [0.2, 0.25) is 5.95 Å². The Bertz CT molecular complexity index is 1590. The second kappa shape index (κ2) is 18.3. The van der Waals surface area contributed by atoms with E-state index in [4.69, 9.17) is 29.9 Å². The second-order valence-electron chi connectivity index (χ2n) is 19.3. The molecule has 0 aromatic carbocycles. The summed E-state index contributed by atoms with van der Waals surface area (Å²) in [5.41, 5.74) is 3.46. The van der Waals surface area contributed by atoms with Crippen molar-refractivity contribution < 1.29 is 0 Å². The summed E-state index contributed by atoms with van der Waals surface area (Å²) in [6.45, 7) is 28.7. The van der Waals surface area contributed by atoms with E-state index in [-0.39, 0.29) is 5.41 Å². The van der Waals surface area contributed by atoms with Gasteiger partial charge in [-0.2, -0.15) is 0 Å². The first-order valence-electron chi connectivity index (χ1n) is 22.0. The van der Waals surface area contributed by atoms with Crippen molar-refractivity contribution >= 4 is 17.5 Å². The molecule has 5 atom stereocenters. The zero-order chi connectivity index (χ0) is 39.3. The molecule has 0 aliphatic carbocycles. The van der Waals surface area contributed by atoms with Crippen molar-refractivity contribution in [1.82, 2.24) is 29.9 Å². The van der Waals surface area contributed by atoms with E-state index in [1.165, 1.54) is 56.2 Å². The van der Waals surface area contributed by atoms with Crippen LogP contribution in [0.25, 0.3) is 0 Å². The van der Waals surface area contributed by atoms with Crippen molar-refractivity contribution in [3.63, 3.8) is 0 Å². The summed E-state index contributed by atoms with van der Waals surface area (Å²) in [5, 5.41) is 0. The first-order chi connectivity index (χ1) is 26.3. The predicted octanol–water partition coefficient (Wildman–Crippen LogP) is 10.1. The van der Waals surface area contributed by atoms with Gasteiger partial charge in [0.15, 0.2) is 0 Å². The van der Waals surface area contributed by atoms with Crippen LogP contribution >= 0.6 is 0 Å². The van der Waals surface area contributed by atoms with Crippen molar-refractivity contribution in [2.24, 2.45) is 35.5 Å². The van der Waals surface area contributed by atoms with Gasteiger partial charge in [-0.15, -0.1) is 0 Å². The van der Waals surface area contributed by atoms with E-state index in [1.807, 2.05) is 18.6 Å². The molecule has 3 aliphatic heterocycles. The van der Waals surface area contributed by atoms with Crippen LogP contribution in [0.4, 0.5) is 17.5 Å². The van der Waals surface area contributed by atoms with Gasteiger partial charge in [0, 0.05) is 62.5 Å². The molecule has 6 heterocycles. The molecule has 55 heavy (non-hydrogen) atoms. The highest BCUT2D eigenvalue weighted by Crippen LogP contribution is 2.39. The zero-order valence-corrected chi connectivity index (χ0v) is 36.1. The molecule has 0 bridgehead atoms. The maximum atomic E-state index is 5.04. The number of hydrogen-bond acceptors (Lipinski definition) is 9. The van der Waals surface area contributed by atoms with E-state index < -0.39 is 0 Å². The number of hydrogen-bond donors (Lipinski definition) is 0. The summed E-state index contributed by atoms with van der Waals surface area (Å²) in [6, 6.07) is 0.434. The molecule has 3 aromatic heterocycles. The van der Waals surface area contributed by atoms with Crippen molar-refractivity contribution in [2.45, 2.75) is 150 Å². The van der Waals surface area contributed by atoms with Gasteiger partial charge in [-0.05, 0) is 112 Å². The molecule has 3 saturated heterocycles. The number of anilines is 3. The average molecular weight is 752 g/mol. The highest BCUT2D eigenvalue weighted by atomic mass is 15.3. The van der Waals surface area contributed by atoms with Crippen LogP contribution in [0.5, 0.6) is 0 Å². The maximum absolute atomic E-state index is 5.04. The Balaban J connectivity index is 0.919. The Kier molecular flexibility index (Phi) is 13.7. The summed E-state index contributed by atoms with van der Waals surface area (Å²) >= 11 is 0. The lowest BCUT2D eigenvalue weighted by atomic mass is 9.73. The van der Waals surface area contributed by atoms with Crippen LogP contribution in [0.1, 0.15) is 156 Å². The normalized spacial score (nSPS) is 22.4. The highest BCUT2D eigenvalue weighted by Gasteiger charge is 2.34. The lowest BCUT2D eigenvalue weighted by Gasteiger charge is -2.41. The second-order valence-corrected chi connectivity index (χ2v) is 19.3. The fourth-order valence-corrected chi connectivity index (χ4v) is 9.86. The molecule has 4 unspecified atom stereocenters. The third kappa shape index (κ3) is 10.3. The topological polar surface area (TPSA) is 87.1 Å². The molecule has 3 aromatic rings. The Labute approximate surface area is 334 Å². The van der Waals surface area contributed by atoms with Crippen molar-refractivity contribution in [3.05, 3.63) is 54.3 Å². The number of piperidine rings is 3. The standard InChI is InChI=1S/C46H73N9/c1-31(2)37-13-18-53(19-14-37)41-27-49-44(50-28-41)34(6)12-11-33(5)38-15-20-54(21-16-38)43-30-47-42(29-48-43)46(9,10)24-35(7)39-17-22-55(36(8)23-39)45-51-25-40(26-52-45)32(3)4/h25-39H,11-24H2,1-10H3/t33-,34?,35?,36?,39?/m1/s1. The van der Waals surface area contributed by atoms with Crippen molar-refractivity contribution in [2.75, 3.05) is 47.4 Å². The summed E-state index contributed by atoms with van der Waals surface area (Å²) in [4.78, 5) is 36.5. The first kappa shape index (κ1) is 41.3. The molecule has 302 valence electrons. The molecule has 6 rings (SSSR count). The molecule has 0 N–H and O–H groups in total. The van der Waals surface area contributed by atoms with Crippen LogP contribution in [0.3, 0.4) is 0 Å². The highest BCUT2D eigenvalue weighted by molar-refractivity contribution is 5.42. The van der Waals surface area contributed by atoms with E-state index in [0.717, 1.165) is 86.6 Å². The van der Waals surface area contributed by atoms with E-state index >= 15 is 0 Å². The van der Waals surface area contributed by atoms with Gasteiger partial charge in [0.25, 0.3) is 0 Å². The van der Waals surface area contributed by atoms with Crippen LogP contribution in [0, 0.1) is 35.5 Å². The van der Waals surface area contributed by atoms with Crippen LogP contribution in [0.2, 0.25) is 0 Å². The summed E-state index contributed by atoms with van der Waals surface area (Å²) in [7, 11) is 0. The van der Waals surface area contributed by atoms with Gasteiger partial charge in [0.1, 0.15) is 11.6 Å². The Hall–Kier alpha value is -3.36. The van der Waals surface area contributed by atoms with E-state index in [2.05, 4.69) is 103 Å². The summed E-state index contributed by atoms with van der Waals surface area (Å²) in [5.74, 6) is 8.10. The summed E-state index contributed by atoms with van der Waals surface area (Å²) in [6.07, 6.45) is 23.0. The third-order valence-electron chi connectivity index (χ3n) is 14.1. The Morgan fingerprint density at radius 2 is 1.25 bits per heavy atom. The molecule has 0 spiro atoms. The average Bonchev–Trinajstić information content (AvgIpc) is 3.20. The minimum atomic E-state index is -0.0294. The van der Waals surface area contributed by atoms with E-state index in [9.17, 15) is 0 Å². The van der Waals surface area contributed by atoms with Gasteiger partial charge in [0.05, 0.1) is 36.2 Å². The molecule has 0 radical (unpaired) electrons. The molecule has 0 amide bonds. The predicted molar refractivity (Wildman–Crippen MR) is 228 cm³/mol. The minimum Gasteiger partial charge on any atom is -0.369 e. The van der Waals surface area contributed by atoms with Crippen LogP contribution in [-0.4, -0.2) is 68.7 Å². The fourth-order valence-electron chi connectivity index (χ4n) is 9.86. The minimum absolute atomic E-state index is 0.0294. The Morgan fingerprint density at radius 3 is 1.84 bits per heavy atom. The van der Waals surface area contributed by atoms with Crippen LogP contribution in [0.15, 0.2) is 37.2 Å². The molecule has 3 fully saturated rings. The quantitative estimate of drug-likeness (QED) is 0.160. The van der Waals surface area contributed by atoms with Crippen molar-refractivity contribution in [3.8, 4) is 0 Å². The molecular weight excluding hydrogens is 679 g/mol. The van der Waals surface area contributed by atoms with Gasteiger partial charge in [-0.25, -0.2) is 24.9 Å². The molecule has 9 heteroatoms. The maximum Gasteiger partial charge on any atom is 0.225 e. The monoisotopic (exact) mass is 752 g/mol. The number of rotatable bonds is 14. The lowest BCUT2D eigenvalue weighted by Crippen LogP contribution is -2.43. The third-order valence-corrected chi connectivity index (χ3v) is 14.1. The Morgan fingerprint density at radius 1 is 0.636 bits per heavy atom. The van der Waals surface area contributed by atoms with Crippen LogP contribution in [-0.2, 0) is 5.41 Å². The molecule has 9 nitrogen and oxygen atoms in total. The summed E-state index contributed by atoms with van der Waals surface area (Å²) < 4.78 is 0. The molecule has 0 saturated carbocycles. The number of aromatic nitrogens is 6. The fraction of sp³-hybridized carbons (Fsp3) is 0.739. The lowest BCUT2D eigenvalue weighted by molar-refractivity contribution is 0.218. The van der Waals surface area contributed by atoms with Crippen molar-refractivity contribution in [1.29, 1.82) is 0 Å². The van der Waals surface area contributed by atoms with Gasteiger partial charge in [-0.1, -0.05) is 62.3 Å². The molecule has 3 aliphatic rings. The van der Waals surface area contributed by atoms with E-state index in [0.29, 0.717) is 35.6 Å². The van der Waals surface area contributed by atoms with Gasteiger partial charge < -0.3 is 14.7 Å². The van der Waals surface area contributed by atoms with Gasteiger partial charge in [-0.3, -0.25) is 4.98 Å². The first-order valence-corrected chi connectivity index (χ1v) is 22.0. The largest absolute Gasteiger partial charge is 0.369 e.